The van der Waals surface area contributed by atoms with Gasteiger partial charge in [0, 0.05) is 44.3 Å². The molecule has 0 aliphatic carbocycles. The number of hydrogen-bond donors (Lipinski definition) is 1. The monoisotopic (exact) mass is 842 g/mol. The van der Waals surface area contributed by atoms with E-state index in [0.717, 1.165) is 56.2 Å². The summed E-state index contributed by atoms with van der Waals surface area (Å²) in [6.45, 7) is 0. The normalized spacial score (nSPS) is 14.2. The number of aromatic nitrogens is 1. The lowest BCUT2D eigenvalue weighted by molar-refractivity contribution is 0.781. The van der Waals surface area contributed by atoms with Gasteiger partial charge in [0.15, 0.2) is 0 Å². The Balaban J connectivity index is 0.972. The summed E-state index contributed by atoms with van der Waals surface area (Å²) in [5.74, 6) is 0.870. The van der Waals surface area contributed by atoms with Gasteiger partial charge in [-0.2, -0.15) is 0 Å². The molecule has 1 unspecified atom stereocenters. The fourth-order valence-electron chi connectivity index (χ4n) is 10.3. The molecule has 2 aliphatic rings. The summed E-state index contributed by atoms with van der Waals surface area (Å²) in [7, 11) is 0. The Labute approximate surface area is 383 Å². The van der Waals surface area contributed by atoms with Crippen molar-refractivity contribution in [2.45, 2.75) is 6.04 Å². The maximum absolute atomic E-state index is 5.21. The van der Waals surface area contributed by atoms with Gasteiger partial charge in [0.05, 0.1) is 40.0 Å². The first-order chi connectivity index (χ1) is 32.7. The van der Waals surface area contributed by atoms with Gasteiger partial charge < -0.3 is 14.8 Å². The van der Waals surface area contributed by atoms with E-state index in [4.69, 9.17) is 4.99 Å². The highest BCUT2D eigenvalue weighted by molar-refractivity contribution is 6.14. The number of rotatable bonds is 6. The first-order valence-corrected chi connectivity index (χ1v) is 22.7. The molecule has 310 valence electrons. The predicted molar refractivity (Wildman–Crippen MR) is 276 cm³/mol. The summed E-state index contributed by atoms with van der Waals surface area (Å²) in [5.41, 5.74) is 17.2. The molecule has 0 bridgehead atoms. The topological polar surface area (TPSA) is 32.6 Å². The quantitative estimate of drug-likeness (QED) is 0.181. The second-order valence-electron chi connectivity index (χ2n) is 17.1. The lowest BCUT2D eigenvalue weighted by Gasteiger charge is -2.28. The van der Waals surface area contributed by atoms with Gasteiger partial charge in [-0.3, -0.25) is 0 Å². The molecule has 4 nitrogen and oxygen atoms in total. The van der Waals surface area contributed by atoms with Gasteiger partial charge >= 0.3 is 0 Å². The fourth-order valence-corrected chi connectivity index (χ4v) is 10.3. The van der Waals surface area contributed by atoms with Crippen molar-refractivity contribution in [3.05, 3.63) is 259 Å². The van der Waals surface area contributed by atoms with E-state index in [1.54, 1.807) is 0 Å². The molecule has 66 heavy (non-hydrogen) atoms. The van der Waals surface area contributed by atoms with Gasteiger partial charge in [-0.05, 0) is 81.4 Å². The summed E-state index contributed by atoms with van der Waals surface area (Å²) in [6, 6.07) is 85.6. The van der Waals surface area contributed by atoms with Gasteiger partial charge in [-0.1, -0.05) is 194 Å². The standard InChI is InChI=1S/C62H42N4/c1-4-18-41(19-5-1)48-36-37-59(50-25-11-10-24-49(48)50)66-57-30-16-13-27-52(57)60-51-26-12-15-29-56(51)65(58-31-17-14-28-53(58)61(60)66)47-35-34-44-38-46(33-32-45(44)39-47)55-40-54(42-20-6-2-7-21-42)63-62(64-55)43-22-8-3-9-23-43/h1-40,54H,(H,63,64). The van der Waals surface area contributed by atoms with Crippen molar-refractivity contribution >= 4 is 61.0 Å². The molecule has 0 radical (unpaired) electrons. The number of hydrogen-bond acceptors (Lipinski definition) is 3. The molecule has 1 aromatic heterocycles. The smallest absolute Gasteiger partial charge is 0.134 e. The first kappa shape index (κ1) is 37.8. The van der Waals surface area contributed by atoms with E-state index in [-0.39, 0.29) is 6.04 Å². The molecule has 0 spiro atoms. The van der Waals surface area contributed by atoms with Crippen LogP contribution in [0.5, 0.6) is 0 Å². The van der Waals surface area contributed by atoms with E-state index in [1.807, 2.05) is 6.07 Å². The molecule has 10 aromatic carbocycles. The zero-order valence-electron chi connectivity index (χ0n) is 36.0. The molecule has 2 aliphatic heterocycles. The van der Waals surface area contributed by atoms with Gasteiger partial charge in [0.1, 0.15) is 5.84 Å². The van der Waals surface area contributed by atoms with Crippen LogP contribution in [0.3, 0.4) is 0 Å². The maximum Gasteiger partial charge on any atom is 0.134 e. The number of para-hydroxylation sites is 3. The van der Waals surface area contributed by atoms with Crippen LogP contribution in [-0.2, 0) is 0 Å². The van der Waals surface area contributed by atoms with Crippen LogP contribution >= 0.6 is 0 Å². The summed E-state index contributed by atoms with van der Waals surface area (Å²) in [6.07, 6.45) is 2.25. The molecular weight excluding hydrogens is 801 g/mol. The zero-order valence-corrected chi connectivity index (χ0v) is 36.0. The number of anilines is 3. The second-order valence-corrected chi connectivity index (χ2v) is 17.1. The lowest BCUT2D eigenvalue weighted by atomic mass is 9.96. The van der Waals surface area contributed by atoms with Crippen LogP contribution in [0.15, 0.2) is 248 Å². The van der Waals surface area contributed by atoms with Crippen LogP contribution in [0, 0.1) is 0 Å². The maximum atomic E-state index is 5.21. The zero-order chi connectivity index (χ0) is 43.6. The summed E-state index contributed by atoms with van der Waals surface area (Å²) >= 11 is 0. The molecular formula is C62H42N4. The van der Waals surface area contributed by atoms with Crippen molar-refractivity contribution in [2.75, 3.05) is 4.90 Å². The van der Waals surface area contributed by atoms with Gasteiger partial charge in [0.25, 0.3) is 0 Å². The average Bonchev–Trinajstić information content (AvgIpc) is 3.67. The van der Waals surface area contributed by atoms with Crippen LogP contribution in [0.4, 0.5) is 17.1 Å². The van der Waals surface area contributed by atoms with E-state index in [0.29, 0.717) is 0 Å². The number of nitrogens with zero attached hydrogens (tertiary/aromatic N) is 3. The highest BCUT2D eigenvalue weighted by Gasteiger charge is 2.32. The summed E-state index contributed by atoms with van der Waals surface area (Å²) < 4.78 is 2.52. The average molecular weight is 843 g/mol. The van der Waals surface area contributed by atoms with Gasteiger partial charge in [0.2, 0.25) is 0 Å². The largest absolute Gasteiger partial charge is 0.359 e. The number of fused-ring (bicyclic) bond motifs is 9. The third-order valence-electron chi connectivity index (χ3n) is 13.3. The number of nitrogens with one attached hydrogen (secondary N) is 1. The van der Waals surface area contributed by atoms with Crippen molar-refractivity contribution in [1.82, 2.24) is 9.88 Å². The third-order valence-corrected chi connectivity index (χ3v) is 13.3. The van der Waals surface area contributed by atoms with Gasteiger partial charge in [-0.15, -0.1) is 0 Å². The van der Waals surface area contributed by atoms with Crippen molar-refractivity contribution < 1.29 is 0 Å². The molecule has 11 aromatic rings. The number of aliphatic imine (C=N–C) groups is 1. The van der Waals surface area contributed by atoms with E-state index in [9.17, 15) is 0 Å². The first-order valence-electron chi connectivity index (χ1n) is 22.7. The van der Waals surface area contributed by atoms with Crippen LogP contribution < -0.4 is 10.2 Å². The predicted octanol–water partition coefficient (Wildman–Crippen LogP) is 15.9. The van der Waals surface area contributed by atoms with Crippen molar-refractivity contribution in [2.24, 2.45) is 4.99 Å². The minimum atomic E-state index is -0.0133. The Morgan fingerprint density at radius 2 is 1.02 bits per heavy atom. The minimum Gasteiger partial charge on any atom is -0.359 e. The Kier molecular flexibility index (Phi) is 8.88. The highest BCUT2D eigenvalue weighted by Crippen LogP contribution is 2.55. The van der Waals surface area contributed by atoms with Crippen molar-refractivity contribution in [3.8, 4) is 39.2 Å². The van der Waals surface area contributed by atoms with E-state index >= 15 is 0 Å². The van der Waals surface area contributed by atoms with Crippen molar-refractivity contribution in [1.29, 1.82) is 0 Å². The van der Waals surface area contributed by atoms with Crippen molar-refractivity contribution in [3.63, 3.8) is 0 Å². The van der Waals surface area contributed by atoms with Crippen LogP contribution in [0.25, 0.3) is 77.3 Å². The van der Waals surface area contributed by atoms with Gasteiger partial charge in [-0.25, -0.2) is 4.99 Å². The second kappa shape index (κ2) is 15.5. The Hall–Kier alpha value is -8.73. The molecule has 13 rings (SSSR count). The third kappa shape index (κ3) is 6.18. The molecule has 0 saturated heterocycles. The van der Waals surface area contributed by atoms with Crippen LogP contribution in [-0.4, -0.2) is 10.4 Å². The number of benzene rings is 10. The van der Waals surface area contributed by atoms with E-state index in [1.165, 1.54) is 60.8 Å². The highest BCUT2D eigenvalue weighted by atomic mass is 15.2. The Morgan fingerprint density at radius 3 is 1.80 bits per heavy atom. The Morgan fingerprint density at radius 1 is 0.409 bits per heavy atom. The van der Waals surface area contributed by atoms with E-state index < -0.39 is 0 Å². The fraction of sp³-hybridized carbons (Fsp3) is 0.0161. The minimum absolute atomic E-state index is 0.0133. The van der Waals surface area contributed by atoms with Crippen LogP contribution in [0.2, 0.25) is 0 Å². The number of amidine groups is 1. The molecule has 0 amide bonds. The molecule has 1 N–H and O–H groups in total. The molecule has 0 saturated carbocycles. The molecule has 0 fully saturated rings. The lowest BCUT2D eigenvalue weighted by Crippen LogP contribution is -2.31. The van der Waals surface area contributed by atoms with Crippen LogP contribution in [0.1, 0.15) is 22.7 Å². The molecule has 1 atom stereocenters. The summed E-state index contributed by atoms with van der Waals surface area (Å²) in [5, 5.41) is 9.68. The van der Waals surface area contributed by atoms with E-state index in [2.05, 4.69) is 251 Å². The Bertz CT molecular complexity index is 3730. The molecule has 3 heterocycles. The summed E-state index contributed by atoms with van der Waals surface area (Å²) in [4.78, 5) is 7.67. The molecule has 4 heteroatoms. The SMILES string of the molecule is C1=C(c2ccc3cc(N4c5ccccc5-c5c(n(-c6ccc(-c7ccccc7)c7ccccc67)c6ccccc56)-c5ccccc54)ccc3c2)N=C(c2ccccc2)NC1c1ccccc1.